The van der Waals surface area contributed by atoms with Crippen LogP contribution in [0.3, 0.4) is 0 Å². The molecule has 5 nitrogen and oxygen atoms in total. The van der Waals surface area contributed by atoms with Crippen LogP contribution in [0.5, 0.6) is 11.5 Å². The summed E-state index contributed by atoms with van der Waals surface area (Å²) in [4.78, 5) is 0. The second-order valence-corrected chi connectivity index (χ2v) is 3.94. The summed E-state index contributed by atoms with van der Waals surface area (Å²) in [5, 5.41) is 4.39. The highest BCUT2D eigenvalue weighted by Gasteiger charge is 2.13. The Morgan fingerprint density at radius 1 is 1.22 bits per heavy atom. The molecule has 0 unspecified atom stereocenters. The smallest absolute Gasteiger partial charge is 0.161 e. The van der Waals surface area contributed by atoms with Crippen molar-refractivity contribution in [2.45, 2.75) is 6.54 Å². The van der Waals surface area contributed by atoms with Gasteiger partial charge in [-0.25, -0.2) is 0 Å². The van der Waals surface area contributed by atoms with Crippen LogP contribution in [0.1, 0.15) is 5.56 Å². The van der Waals surface area contributed by atoms with Crippen molar-refractivity contribution < 1.29 is 9.47 Å². The highest BCUT2D eigenvalue weighted by Crippen LogP contribution is 2.34. The lowest BCUT2D eigenvalue weighted by Crippen LogP contribution is -2.02. The lowest BCUT2D eigenvalue weighted by Gasteiger charge is -2.12. The Labute approximate surface area is 106 Å². The molecule has 0 bridgehead atoms. The van der Waals surface area contributed by atoms with Gasteiger partial charge >= 0.3 is 0 Å². The zero-order valence-electron chi connectivity index (χ0n) is 10.8. The molecule has 96 valence electrons. The molecule has 1 heterocycles. The number of aromatic nitrogens is 2. The zero-order valence-corrected chi connectivity index (χ0v) is 10.8. The van der Waals surface area contributed by atoms with E-state index in [1.807, 2.05) is 31.4 Å². The molecule has 5 heteroatoms. The van der Waals surface area contributed by atoms with Gasteiger partial charge in [0.25, 0.3) is 0 Å². The summed E-state index contributed by atoms with van der Waals surface area (Å²) < 4.78 is 12.3. The van der Waals surface area contributed by atoms with E-state index in [1.54, 1.807) is 18.9 Å². The van der Waals surface area contributed by atoms with E-state index < -0.39 is 0 Å². The molecule has 1 aromatic heterocycles. The quantitative estimate of drug-likeness (QED) is 0.890. The first kappa shape index (κ1) is 12.4. The van der Waals surface area contributed by atoms with Crippen LogP contribution in [0.15, 0.2) is 24.4 Å². The first-order valence-corrected chi connectivity index (χ1v) is 5.64. The van der Waals surface area contributed by atoms with Crippen molar-refractivity contribution in [2.75, 3.05) is 14.2 Å². The lowest BCUT2D eigenvalue weighted by molar-refractivity contribution is 0.354. The van der Waals surface area contributed by atoms with Gasteiger partial charge in [-0.2, -0.15) is 5.10 Å². The molecule has 0 saturated heterocycles. The summed E-state index contributed by atoms with van der Waals surface area (Å²) in [6.45, 7) is 0.423. The third-order valence-electron chi connectivity index (χ3n) is 2.82. The molecule has 2 N–H and O–H groups in total. The molecule has 0 radical (unpaired) electrons. The second kappa shape index (κ2) is 5.10. The van der Waals surface area contributed by atoms with Crippen LogP contribution in [0.25, 0.3) is 11.3 Å². The van der Waals surface area contributed by atoms with Crippen LogP contribution in [0.4, 0.5) is 0 Å². The monoisotopic (exact) mass is 247 g/mol. The molecular formula is C13H17N3O2. The van der Waals surface area contributed by atoms with Gasteiger partial charge in [-0.15, -0.1) is 0 Å². The Hall–Kier alpha value is -2.01. The number of aryl methyl sites for hydroxylation is 1. The predicted octanol–water partition coefficient (Wildman–Crippen LogP) is 1.56. The molecule has 0 aliphatic carbocycles. The fraction of sp³-hybridized carbons (Fsp3) is 0.308. The maximum absolute atomic E-state index is 5.78. The van der Waals surface area contributed by atoms with Crippen molar-refractivity contribution >= 4 is 0 Å². The molecule has 0 saturated carbocycles. The van der Waals surface area contributed by atoms with E-state index in [2.05, 4.69) is 5.10 Å². The van der Waals surface area contributed by atoms with E-state index in [0.29, 0.717) is 18.0 Å². The summed E-state index contributed by atoms with van der Waals surface area (Å²) in [5.74, 6) is 1.35. The number of methoxy groups -OCH3 is 2. The summed E-state index contributed by atoms with van der Waals surface area (Å²) in [7, 11) is 5.10. The van der Waals surface area contributed by atoms with E-state index in [9.17, 15) is 0 Å². The van der Waals surface area contributed by atoms with E-state index in [0.717, 1.165) is 16.8 Å². The number of rotatable bonds is 4. The van der Waals surface area contributed by atoms with Gasteiger partial charge in [-0.1, -0.05) is 0 Å². The number of benzene rings is 1. The van der Waals surface area contributed by atoms with Gasteiger partial charge in [-0.3, -0.25) is 4.68 Å². The van der Waals surface area contributed by atoms with Crippen LogP contribution in [-0.2, 0) is 13.6 Å². The average Bonchev–Trinajstić information content (AvgIpc) is 2.83. The summed E-state index contributed by atoms with van der Waals surface area (Å²) in [6.07, 6.45) is 1.90. The van der Waals surface area contributed by atoms with Crippen LogP contribution >= 0.6 is 0 Å². The van der Waals surface area contributed by atoms with Crippen LogP contribution in [0.2, 0.25) is 0 Å². The van der Waals surface area contributed by atoms with Gasteiger partial charge < -0.3 is 15.2 Å². The average molecular weight is 247 g/mol. The van der Waals surface area contributed by atoms with E-state index in [4.69, 9.17) is 15.2 Å². The zero-order chi connectivity index (χ0) is 13.1. The van der Waals surface area contributed by atoms with Crippen molar-refractivity contribution in [3.8, 4) is 22.8 Å². The number of nitrogens with zero attached hydrogens (tertiary/aromatic N) is 2. The minimum absolute atomic E-state index is 0.423. The molecule has 18 heavy (non-hydrogen) atoms. The topological polar surface area (TPSA) is 62.3 Å². The molecular weight excluding hydrogens is 230 g/mol. The minimum atomic E-state index is 0.423. The van der Waals surface area contributed by atoms with E-state index in [1.165, 1.54) is 0 Å². The number of nitrogens with two attached hydrogens (primary N) is 1. The Morgan fingerprint density at radius 3 is 2.39 bits per heavy atom. The normalized spacial score (nSPS) is 10.4. The van der Waals surface area contributed by atoms with Crippen molar-refractivity contribution in [3.63, 3.8) is 0 Å². The maximum Gasteiger partial charge on any atom is 0.161 e. The third-order valence-corrected chi connectivity index (χ3v) is 2.82. The second-order valence-electron chi connectivity index (χ2n) is 3.94. The van der Waals surface area contributed by atoms with Gasteiger partial charge in [-0.05, 0) is 23.8 Å². The number of hydrogen-bond donors (Lipinski definition) is 1. The molecule has 0 aliphatic heterocycles. The first-order valence-electron chi connectivity index (χ1n) is 5.64. The SMILES string of the molecule is COc1cc(CN)c(-c2ccn(C)n2)cc1OC. The van der Waals surface area contributed by atoms with Crippen molar-refractivity contribution in [2.24, 2.45) is 12.8 Å². The van der Waals surface area contributed by atoms with Crippen molar-refractivity contribution in [1.82, 2.24) is 9.78 Å². The summed E-state index contributed by atoms with van der Waals surface area (Å²) >= 11 is 0. The van der Waals surface area contributed by atoms with Crippen molar-refractivity contribution in [1.29, 1.82) is 0 Å². The third kappa shape index (κ3) is 2.17. The Morgan fingerprint density at radius 2 is 1.89 bits per heavy atom. The fourth-order valence-corrected chi connectivity index (χ4v) is 1.89. The standard InChI is InChI=1S/C13H17N3O2/c1-16-5-4-11(15-16)10-7-13(18-3)12(17-2)6-9(10)8-14/h4-7H,8,14H2,1-3H3. The highest BCUT2D eigenvalue weighted by molar-refractivity contribution is 5.68. The molecule has 0 amide bonds. The Bertz CT molecular complexity index is 549. The number of ether oxygens (including phenoxy) is 2. The maximum atomic E-state index is 5.78. The molecule has 0 aliphatic rings. The molecule has 2 aromatic rings. The van der Waals surface area contributed by atoms with Gasteiger partial charge in [0, 0.05) is 25.4 Å². The molecule has 1 aromatic carbocycles. The number of hydrogen-bond acceptors (Lipinski definition) is 4. The highest BCUT2D eigenvalue weighted by atomic mass is 16.5. The first-order chi connectivity index (χ1) is 8.69. The Balaban J connectivity index is 2.58. The van der Waals surface area contributed by atoms with E-state index in [-0.39, 0.29) is 0 Å². The van der Waals surface area contributed by atoms with Crippen LogP contribution < -0.4 is 15.2 Å². The largest absolute Gasteiger partial charge is 0.493 e. The predicted molar refractivity (Wildman–Crippen MR) is 69.6 cm³/mol. The molecule has 0 fully saturated rings. The van der Waals surface area contributed by atoms with Gasteiger partial charge in [0.05, 0.1) is 19.9 Å². The minimum Gasteiger partial charge on any atom is -0.493 e. The van der Waals surface area contributed by atoms with Crippen LogP contribution in [-0.4, -0.2) is 24.0 Å². The van der Waals surface area contributed by atoms with Crippen LogP contribution in [0, 0.1) is 0 Å². The van der Waals surface area contributed by atoms with Gasteiger partial charge in [0.15, 0.2) is 11.5 Å². The summed E-state index contributed by atoms with van der Waals surface area (Å²) in [5.41, 5.74) is 8.60. The van der Waals surface area contributed by atoms with Gasteiger partial charge in [0.1, 0.15) is 0 Å². The molecule has 0 spiro atoms. The van der Waals surface area contributed by atoms with E-state index >= 15 is 0 Å². The molecule has 2 rings (SSSR count). The van der Waals surface area contributed by atoms with Crippen molar-refractivity contribution in [3.05, 3.63) is 30.0 Å². The molecule has 0 atom stereocenters. The fourth-order valence-electron chi connectivity index (χ4n) is 1.89. The Kier molecular flexibility index (Phi) is 3.53. The summed E-state index contributed by atoms with van der Waals surface area (Å²) in [6, 6.07) is 5.74. The van der Waals surface area contributed by atoms with Gasteiger partial charge in [0.2, 0.25) is 0 Å². The lowest BCUT2D eigenvalue weighted by atomic mass is 10.0.